The molecular weight excluding hydrogens is 432 g/mol. The molecule has 2 saturated heterocycles. The number of hydrogen-bond acceptors (Lipinski definition) is 8. The first-order valence-corrected chi connectivity index (χ1v) is 14.1. The second-order valence-corrected chi connectivity index (χ2v) is 10.6. The van der Waals surface area contributed by atoms with E-state index in [0.717, 1.165) is 13.1 Å². The molecule has 2 N–H and O–H groups in total. The lowest BCUT2D eigenvalue weighted by Gasteiger charge is -2.32. The molecule has 1 unspecified atom stereocenters. The Morgan fingerprint density at radius 1 is 0.867 bits per heavy atom. The molecule has 4 heterocycles. The summed E-state index contributed by atoms with van der Waals surface area (Å²) in [5.41, 5.74) is 0. The zero-order valence-electron chi connectivity index (χ0n) is 18.0. The van der Waals surface area contributed by atoms with Gasteiger partial charge in [0, 0.05) is 51.7 Å². The number of piperidine rings is 2. The summed E-state index contributed by atoms with van der Waals surface area (Å²) < 4.78 is 53.1. The smallest absolute Gasteiger partial charge is 0.261 e. The number of aliphatic imine (C=N–C) groups is 2. The van der Waals surface area contributed by atoms with Crippen molar-refractivity contribution in [3.63, 3.8) is 0 Å². The van der Waals surface area contributed by atoms with Gasteiger partial charge in [0.15, 0.2) is 5.84 Å². The van der Waals surface area contributed by atoms with Gasteiger partial charge in [0.1, 0.15) is 0 Å². The van der Waals surface area contributed by atoms with Gasteiger partial charge in [0.25, 0.3) is 10.1 Å². The van der Waals surface area contributed by atoms with Crippen molar-refractivity contribution in [3.8, 4) is 0 Å². The molecule has 0 bridgehead atoms. The standard InChI is InChI=1S/2C8H14N2.2CH4O3S/c2*1-2-6-10-7-3-5-9-8(10)4-1;2*1-5(2,3)4/h2*1-7H2;2*1H3,(H,2,3,4). The third-order valence-electron chi connectivity index (χ3n) is 4.81. The van der Waals surface area contributed by atoms with E-state index in [2.05, 4.69) is 14.9 Å². The Hall–Kier alpha value is -1.08. The van der Waals surface area contributed by atoms with E-state index >= 15 is 0 Å². The lowest BCUT2D eigenvalue weighted by Crippen LogP contribution is -3.16. The van der Waals surface area contributed by atoms with Crippen LogP contribution in [0.15, 0.2) is 9.98 Å². The number of quaternary nitrogens is 1. The molecule has 2 fully saturated rings. The van der Waals surface area contributed by atoms with Crippen molar-refractivity contribution in [2.45, 2.75) is 51.4 Å². The minimum atomic E-state index is -3.92. The highest BCUT2D eigenvalue weighted by Gasteiger charge is 2.23. The Morgan fingerprint density at radius 2 is 1.40 bits per heavy atom. The van der Waals surface area contributed by atoms with Gasteiger partial charge in [-0.1, -0.05) is 0 Å². The Bertz CT molecular complexity index is 698. The van der Waals surface area contributed by atoms with Crippen LogP contribution < -0.4 is 4.90 Å². The highest BCUT2D eigenvalue weighted by atomic mass is 32.2. The molecule has 0 amide bonds. The van der Waals surface area contributed by atoms with Crippen molar-refractivity contribution in [1.29, 1.82) is 0 Å². The third kappa shape index (κ3) is 14.8. The maximum atomic E-state index is 9.19. The summed E-state index contributed by atoms with van der Waals surface area (Å²) >= 11 is 0. The molecule has 0 aromatic rings. The largest absolute Gasteiger partial charge is 0.748 e. The van der Waals surface area contributed by atoms with Crippen LogP contribution in [-0.4, -0.2) is 94.3 Å². The van der Waals surface area contributed by atoms with Crippen LogP contribution in [0.4, 0.5) is 0 Å². The van der Waals surface area contributed by atoms with Gasteiger partial charge in [-0.3, -0.25) is 14.4 Å². The first kappa shape index (κ1) is 27.0. The van der Waals surface area contributed by atoms with Crippen molar-refractivity contribution in [2.75, 3.05) is 51.8 Å². The average molecular weight is 469 g/mol. The monoisotopic (exact) mass is 468 g/mol. The molecule has 12 heteroatoms. The summed E-state index contributed by atoms with van der Waals surface area (Å²) in [6.45, 7) is 7.39. The first-order valence-electron chi connectivity index (χ1n) is 10.4. The lowest BCUT2D eigenvalue weighted by atomic mass is 10.1. The van der Waals surface area contributed by atoms with Crippen molar-refractivity contribution >= 4 is 31.9 Å². The summed E-state index contributed by atoms with van der Waals surface area (Å²) in [6.07, 6.45) is 11.9. The highest BCUT2D eigenvalue weighted by Crippen LogP contribution is 2.15. The Morgan fingerprint density at radius 3 is 2.00 bits per heavy atom. The molecule has 1 atom stereocenters. The van der Waals surface area contributed by atoms with Crippen LogP contribution in [0, 0.1) is 0 Å². The van der Waals surface area contributed by atoms with Crippen LogP contribution in [0.1, 0.15) is 51.4 Å². The van der Waals surface area contributed by atoms with E-state index in [9.17, 15) is 8.42 Å². The van der Waals surface area contributed by atoms with Crippen molar-refractivity contribution in [3.05, 3.63) is 0 Å². The normalized spacial score (nSPS) is 23.3. The molecule has 4 aliphatic rings. The van der Waals surface area contributed by atoms with Gasteiger partial charge < -0.3 is 9.45 Å². The summed E-state index contributed by atoms with van der Waals surface area (Å²) in [4.78, 5) is 13.2. The molecule has 4 aliphatic heterocycles. The fourth-order valence-electron chi connectivity index (χ4n) is 3.68. The van der Waals surface area contributed by atoms with E-state index in [1.807, 2.05) is 0 Å². The molecular formula is C18H36N4O6S2. The van der Waals surface area contributed by atoms with Crippen LogP contribution in [0.5, 0.6) is 0 Å². The zero-order valence-corrected chi connectivity index (χ0v) is 19.7. The maximum absolute atomic E-state index is 9.19. The third-order valence-corrected chi connectivity index (χ3v) is 4.81. The van der Waals surface area contributed by atoms with Gasteiger partial charge in [-0.2, -0.15) is 8.42 Å². The number of nitrogens with one attached hydrogen (secondary N) is 1. The number of hydrogen-bond donors (Lipinski definition) is 2. The Kier molecular flexibility index (Phi) is 12.0. The molecule has 4 rings (SSSR count). The summed E-state index contributed by atoms with van der Waals surface area (Å²) in [6, 6.07) is 0. The number of fused-ring (bicyclic) bond motifs is 2. The summed E-state index contributed by atoms with van der Waals surface area (Å²) in [7, 11) is -7.58. The highest BCUT2D eigenvalue weighted by molar-refractivity contribution is 7.85. The number of amidine groups is 2. The molecule has 10 nitrogen and oxygen atoms in total. The van der Waals surface area contributed by atoms with Gasteiger partial charge >= 0.3 is 0 Å². The SMILES string of the molecule is C1CCN2CCCN=C2C1.C1CC[NH+]2CCCN=C2C1.CS(=O)(=O)O.CS(=O)(=O)[O-]. The van der Waals surface area contributed by atoms with Crippen molar-refractivity contribution in [1.82, 2.24) is 4.90 Å². The summed E-state index contributed by atoms with van der Waals surface area (Å²) in [5, 5.41) is 0. The van der Waals surface area contributed by atoms with Crippen LogP contribution in [0.2, 0.25) is 0 Å². The van der Waals surface area contributed by atoms with E-state index < -0.39 is 20.2 Å². The van der Waals surface area contributed by atoms with E-state index in [4.69, 9.17) is 17.5 Å². The molecule has 0 saturated carbocycles. The van der Waals surface area contributed by atoms with Gasteiger partial charge in [-0.15, -0.1) is 0 Å². The molecule has 30 heavy (non-hydrogen) atoms. The molecule has 176 valence electrons. The quantitative estimate of drug-likeness (QED) is 0.468. The Balaban J connectivity index is 0.000000213. The fraction of sp³-hybridized carbons (Fsp3) is 0.889. The predicted octanol–water partition coefficient (Wildman–Crippen LogP) is -0.203. The van der Waals surface area contributed by atoms with Gasteiger partial charge in [0.2, 0.25) is 0 Å². The van der Waals surface area contributed by atoms with E-state index in [0.29, 0.717) is 12.5 Å². The molecule has 0 aromatic carbocycles. The van der Waals surface area contributed by atoms with Gasteiger partial charge in [-0.05, 0) is 32.1 Å². The maximum Gasteiger partial charge on any atom is 0.261 e. The number of nitrogens with zero attached hydrogens (tertiary/aromatic N) is 3. The van der Waals surface area contributed by atoms with Crippen LogP contribution >= 0.6 is 0 Å². The van der Waals surface area contributed by atoms with Crippen LogP contribution in [0.25, 0.3) is 0 Å². The first-order chi connectivity index (χ1) is 13.9. The van der Waals surface area contributed by atoms with Crippen molar-refractivity contribution in [2.24, 2.45) is 9.98 Å². The molecule has 0 aromatic heterocycles. The predicted molar refractivity (Wildman–Crippen MR) is 117 cm³/mol. The average Bonchev–Trinajstić information content (AvgIpc) is 2.66. The van der Waals surface area contributed by atoms with Gasteiger partial charge in [0.05, 0.1) is 35.3 Å². The second kappa shape index (κ2) is 13.4. The molecule has 0 spiro atoms. The van der Waals surface area contributed by atoms with Crippen LogP contribution in [-0.2, 0) is 20.2 Å². The van der Waals surface area contributed by atoms with Gasteiger partial charge in [-0.25, -0.2) is 13.4 Å². The van der Waals surface area contributed by atoms with E-state index in [1.165, 1.54) is 89.2 Å². The van der Waals surface area contributed by atoms with E-state index in [-0.39, 0.29) is 0 Å². The zero-order chi connectivity index (χ0) is 22.6. The topological polar surface area (TPSA) is 144 Å². The van der Waals surface area contributed by atoms with Crippen molar-refractivity contribution < 1.29 is 30.8 Å². The summed E-state index contributed by atoms with van der Waals surface area (Å²) in [5.74, 6) is 2.86. The minimum Gasteiger partial charge on any atom is -0.748 e. The molecule has 0 radical (unpaired) electrons. The molecule has 0 aliphatic carbocycles. The van der Waals surface area contributed by atoms with Crippen LogP contribution in [0.3, 0.4) is 0 Å². The number of rotatable bonds is 0. The lowest BCUT2D eigenvalue weighted by molar-refractivity contribution is -0.813. The Labute approximate surface area is 181 Å². The fourth-order valence-corrected chi connectivity index (χ4v) is 3.68. The second-order valence-electron chi connectivity index (χ2n) is 7.78. The minimum absolute atomic E-state index is 0.604. The van der Waals surface area contributed by atoms with E-state index in [1.54, 1.807) is 4.90 Å².